The number of hydrogen-bond donors (Lipinski definition) is 0. The van der Waals surface area contributed by atoms with Crippen molar-refractivity contribution in [3.63, 3.8) is 0 Å². The van der Waals surface area contributed by atoms with Crippen molar-refractivity contribution in [2.45, 2.75) is 13.0 Å². The molecule has 20 heavy (non-hydrogen) atoms. The van der Waals surface area contributed by atoms with Gasteiger partial charge in [-0.05, 0) is 29.8 Å². The Morgan fingerprint density at radius 3 is 2.65 bits per heavy atom. The van der Waals surface area contributed by atoms with Crippen LogP contribution in [-0.2, 0) is 13.0 Å². The Balaban J connectivity index is 2.12. The number of pyridine rings is 1. The van der Waals surface area contributed by atoms with Crippen LogP contribution >= 0.6 is 23.2 Å². The average molecular weight is 306 g/mol. The fraction of sp³-hybridized carbons (Fsp3) is 0.200. The number of imidazole rings is 1. The van der Waals surface area contributed by atoms with Crippen LogP contribution in [0.1, 0.15) is 11.4 Å². The molecule has 0 saturated heterocycles. The molecule has 102 valence electrons. The SMILES string of the molecule is ClCCc1nc2c(Cl)cccc2n1Cc1ccncc1. The van der Waals surface area contributed by atoms with Gasteiger partial charge < -0.3 is 4.57 Å². The third kappa shape index (κ3) is 2.51. The van der Waals surface area contributed by atoms with E-state index >= 15 is 0 Å². The van der Waals surface area contributed by atoms with Gasteiger partial charge in [0, 0.05) is 31.2 Å². The Hall–Kier alpha value is -1.58. The van der Waals surface area contributed by atoms with E-state index in [1.807, 2.05) is 30.3 Å². The lowest BCUT2D eigenvalue weighted by Crippen LogP contribution is -2.06. The number of hydrogen-bond acceptors (Lipinski definition) is 2. The van der Waals surface area contributed by atoms with Gasteiger partial charge in [0.2, 0.25) is 0 Å². The number of rotatable bonds is 4. The van der Waals surface area contributed by atoms with Gasteiger partial charge in [-0.1, -0.05) is 17.7 Å². The third-order valence-corrected chi connectivity index (χ3v) is 3.71. The number of benzene rings is 1. The van der Waals surface area contributed by atoms with Gasteiger partial charge in [0.1, 0.15) is 11.3 Å². The molecule has 0 amide bonds. The van der Waals surface area contributed by atoms with E-state index in [-0.39, 0.29) is 0 Å². The highest BCUT2D eigenvalue weighted by molar-refractivity contribution is 6.34. The molecule has 0 unspecified atom stereocenters. The minimum atomic E-state index is 0.539. The molecule has 0 aliphatic heterocycles. The monoisotopic (exact) mass is 305 g/mol. The maximum absolute atomic E-state index is 6.23. The van der Waals surface area contributed by atoms with Gasteiger partial charge in [-0.25, -0.2) is 4.98 Å². The van der Waals surface area contributed by atoms with E-state index in [0.29, 0.717) is 10.9 Å². The van der Waals surface area contributed by atoms with Crippen molar-refractivity contribution in [2.24, 2.45) is 0 Å². The highest BCUT2D eigenvalue weighted by Gasteiger charge is 2.12. The lowest BCUT2D eigenvalue weighted by Gasteiger charge is -2.08. The van der Waals surface area contributed by atoms with Crippen LogP contribution in [-0.4, -0.2) is 20.4 Å². The van der Waals surface area contributed by atoms with Gasteiger partial charge in [-0.3, -0.25) is 4.98 Å². The predicted octanol–water partition coefficient (Wildman–Crippen LogP) is 3.91. The number of halogens is 2. The first-order valence-electron chi connectivity index (χ1n) is 6.38. The van der Waals surface area contributed by atoms with E-state index in [9.17, 15) is 0 Å². The second kappa shape index (κ2) is 5.81. The van der Waals surface area contributed by atoms with Crippen molar-refractivity contribution >= 4 is 34.2 Å². The van der Waals surface area contributed by atoms with Crippen LogP contribution in [0.15, 0.2) is 42.7 Å². The highest BCUT2D eigenvalue weighted by atomic mass is 35.5. The molecule has 0 radical (unpaired) electrons. The maximum atomic E-state index is 6.23. The van der Waals surface area contributed by atoms with E-state index in [2.05, 4.69) is 14.5 Å². The molecule has 0 aliphatic carbocycles. The van der Waals surface area contributed by atoms with Crippen LogP contribution in [0.5, 0.6) is 0 Å². The van der Waals surface area contributed by atoms with Gasteiger partial charge in [0.15, 0.2) is 0 Å². The Kier molecular flexibility index (Phi) is 3.90. The van der Waals surface area contributed by atoms with E-state index < -0.39 is 0 Å². The summed E-state index contributed by atoms with van der Waals surface area (Å²) < 4.78 is 2.17. The largest absolute Gasteiger partial charge is 0.323 e. The summed E-state index contributed by atoms with van der Waals surface area (Å²) in [7, 11) is 0. The van der Waals surface area contributed by atoms with E-state index in [4.69, 9.17) is 23.2 Å². The minimum absolute atomic E-state index is 0.539. The van der Waals surface area contributed by atoms with Crippen molar-refractivity contribution in [3.05, 3.63) is 59.1 Å². The summed E-state index contributed by atoms with van der Waals surface area (Å²) in [5.74, 6) is 1.50. The summed E-state index contributed by atoms with van der Waals surface area (Å²) >= 11 is 12.1. The van der Waals surface area contributed by atoms with Crippen molar-refractivity contribution in [1.29, 1.82) is 0 Å². The van der Waals surface area contributed by atoms with Crippen LogP contribution in [0.25, 0.3) is 11.0 Å². The molecule has 5 heteroatoms. The average Bonchev–Trinajstić information content (AvgIpc) is 2.81. The quantitative estimate of drug-likeness (QED) is 0.684. The van der Waals surface area contributed by atoms with Crippen LogP contribution in [0.3, 0.4) is 0 Å². The zero-order valence-corrected chi connectivity index (χ0v) is 12.3. The molecule has 0 fully saturated rings. The Bertz CT molecular complexity index is 723. The summed E-state index contributed by atoms with van der Waals surface area (Å²) in [6.45, 7) is 0.742. The van der Waals surface area contributed by atoms with E-state index in [1.54, 1.807) is 12.4 Å². The first-order valence-corrected chi connectivity index (χ1v) is 7.29. The number of fused-ring (bicyclic) bond motifs is 1. The van der Waals surface area contributed by atoms with Crippen LogP contribution in [0, 0.1) is 0 Å². The van der Waals surface area contributed by atoms with Crippen molar-refractivity contribution < 1.29 is 0 Å². The number of alkyl halides is 1. The maximum Gasteiger partial charge on any atom is 0.111 e. The molecular weight excluding hydrogens is 293 g/mol. The lowest BCUT2D eigenvalue weighted by atomic mass is 10.2. The molecule has 2 aromatic heterocycles. The second-order valence-corrected chi connectivity index (χ2v) is 5.30. The number of nitrogens with zero attached hydrogens (tertiary/aromatic N) is 3. The molecule has 0 atom stereocenters. The highest BCUT2D eigenvalue weighted by Crippen LogP contribution is 2.25. The van der Waals surface area contributed by atoms with Crippen LogP contribution in [0.4, 0.5) is 0 Å². The molecule has 2 heterocycles. The lowest BCUT2D eigenvalue weighted by molar-refractivity contribution is 0.753. The molecule has 0 bridgehead atoms. The van der Waals surface area contributed by atoms with Crippen molar-refractivity contribution in [2.75, 3.05) is 5.88 Å². The van der Waals surface area contributed by atoms with Crippen molar-refractivity contribution in [1.82, 2.24) is 14.5 Å². The summed E-state index contributed by atoms with van der Waals surface area (Å²) in [6.07, 6.45) is 4.31. The molecule has 0 spiro atoms. The Morgan fingerprint density at radius 2 is 1.90 bits per heavy atom. The van der Waals surface area contributed by atoms with Gasteiger partial charge >= 0.3 is 0 Å². The predicted molar refractivity (Wildman–Crippen MR) is 82.5 cm³/mol. The smallest absolute Gasteiger partial charge is 0.111 e. The zero-order chi connectivity index (χ0) is 13.9. The molecule has 0 saturated carbocycles. The number of aryl methyl sites for hydroxylation is 1. The topological polar surface area (TPSA) is 30.7 Å². The second-order valence-electron chi connectivity index (χ2n) is 4.52. The summed E-state index contributed by atoms with van der Waals surface area (Å²) in [5, 5.41) is 0.673. The standard InChI is InChI=1S/C15H13Cl2N3/c16-7-4-14-19-15-12(17)2-1-3-13(15)20(14)10-11-5-8-18-9-6-11/h1-3,5-6,8-9H,4,7,10H2. The molecule has 1 aromatic carbocycles. The Morgan fingerprint density at radius 1 is 1.10 bits per heavy atom. The van der Waals surface area contributed by atoms with E-state index in [1.165, 1.54) is 5.56 Å². The molecule has 3 nitrogen and oxygen atoms in total. The third-order valence-electron chi connectivity index (χ3n) is 3.22. The first kappa shape index (κ1) is 13.4. The minimum Gasteiger partial charge on any atom is -0.323 e. The van der Waals surface area contributed by atoms with Gasteiger partial charge in [-0.15, -0.1) is 11.6 Å². The summed E-state index contributed by atoms with van der Waals surface area (Å²) in [6, 6.07) is 9.84. The Labute approximate surface area is 127 Å². The molecule has 3 aromatic rings. The van der Waals surface area contributed by atoms with Gasteiger partial charge in [0.25, 0.3) is 0 Å². The summed E-state index contributed by atoms with van der Waals surface area (Å²) in [5.41, 5.74) is 3.05. The zero-order valence-electron chi connectivity index (χ0n) is 10.8. The summed E-state index contributed by atoms with van der Waals surface area (Å²) in [4.78, 5) is 8.67. The normalized spacial score (nSPS) is 11.1. The molecule has 0 N–H and O–H groups in total. The van der Waals surface area contributed by atoms with Gasteiger partial charge in [0.05, 0.1) is 10.5 Å². The van der Waals surface area contributed by atoms with Gasteiger partial charge in [-0.2, -0.15) is 0 Å². The number of aromatic nitrogens is 3. The van der Waals surface area contributed by atoms with Crippen LogP contribution in [0.2, 0.25) is 5.02 Å². The molecule has 3 rings (SSSR count). The fourth-order valence-corrected chi connectivity index (χ4v) is 2.66. The fourth-order valence-electron chi connectivity index (χ4n) is 2.28. The molecular formula is C15H13Cl2N3. The van der Waals surface area contributed by atoms with Crippen LogP contribution < -0.4 is 0 Å². The number of para-hydroxylation sites is 1. The first-order chi connectivity index (χ1) is 9.79. The van der Waals surface area contributed by atoms with E-state index in [0.717, 1.165) is 29.8 Å². The molecule has 0 aliphatic rings. The van der Waals surface area contributed by atoms with Crippen molar-refractivity contribution in [3.8, 4) is 0 Å².